The lowest BCUT2D eigenvalue weighted by Crippen LogP contribution is -2.14. The predicted molar refractivity (Wildman–Crippen MR) is 82.8 cm³/mol. The van der Waals surface area contributed by atoms with Crippen LogP contribution in [0.1, 0.15) is 16.7 Å². The van der Waals surface area contributed by atoms with Crippen molar-refractivity contribution in [2.75, 3.05) is 0 Å². The summed E-state index contributed by atoms with van der Waals surface area (Å²) >= 11 is 0. The van der Waals surface area contributed by atoms with Crippen LogP contribution in [0.3, 0.4) is 0 Å². The number of hydrogen-bond acceptors (Lipinski definition) is 1. The molecule has 0 heterocycles. The lowest BCUT2D eigenvalue weighted by Gasteiger charge is -2.14. The van der Waals surface area contributed by atoms with Crippen LogP contribution >= 0.6 is 0 Å². The van der Waals surface area contributed by atoms with Crippen molar-refractivity contribution >= 4 is 16.4 Å². The van der Waals surface area contributed by atoms with E-state index in [1.54, 1.807) is 26.0 Å². The van der Waals surface area contributed by atoms with E-state index in [1.165, 1.54) is 36.4 Å². The highest BCUT2D eigenvalue weighted by Crippen LogP contribution is 2.39. The Morgan fingerprint density at radius 1 is 0.870 bits per heavy atom. The van der Waals surface area contributed by atoms with Gasteiger partial charge in [-0.15, -0.1) is 0 Å². The number of hydrogen-bond donors (Lipinski definition) is 0. The Labute approximate surface area is 134 Å². The summed E-state index contributed by atoms with van der Waals surface area (Å²) in [7, 11) is -2.53. The first-order valence-electron chi connectivity index (χ1n) is 6.72. The summed E-state index contributed by atoms with van der Waals surface area (Å²) in [6.07, 6.45) is -4.94. The average molecular weight is 342 g/mol. The highest BCUT2D eigenvalue weighted by atomic mass is 32.2. The van der Waals surface area contributed by atoms with Crippen LogP contribution in [-0.2, 0) is 10.8 Å². The van der Waals surface area contributed by atoms with Gasteiger partial charge in [0.15, 0.2) is 0 Å². The van der Waals surface area contributed by atoms with Crippen LogP contribution in [-0.4, -0.2) is 10.4 Å². The van der Waals surface area contributed by atoms with Gasteiger partial charge in [-0.1, -0.05) is 47.5 Å². The molecule has 0 aliphatic carbocycles. The summed E-state index contributed by atoms with van der Waals surface area (Å²) in [5.41, 5.74) is -0.266. The fourth-order valence-electron chi connectivity index (χ4n) is 1.97. The Kier molecular flexibility index (Phi) is 5.04. The van der Waals surface area contributed by atoms with E-state index in [9.17, 15) is 21.8 Å². The molecule has 0 saturated carbocycles. The zero-order chi connectivity index (χ0) is 17.2. The third-order valence-electron chi connectivity index (χ3n) is 3.22. The minimum absolute atomic E-state index is 0.0121. The Morgan fingerprint density at radius 2 is 1.30 bits per heavy atom. The molecule has 23 heavy (non-hydrogen) atoms. The topological polar surface area (TPSA) is 17.1 Å². The van der Waals surface area contributed by atoms with E-state index in [1.807, 2.05) is 0 Å². The van der Waals surface area contributed by atoms with Crippen molar-refractivity contribution in [1.82, 2.24) is 0 Å². The second kappa shape index (κ2) is 6.66. The van der Waals surface area contributed by atoms with E-state index >= 15 is 0 Å². The normalized spacial score (nSPS) is 14.3. The molecular weight excluding hydrogens is 328 g/mol. The molecular formula is C17H14F4OS. The molecule has 2 aromatic carbocycles. The summed E-state index contributed by atoms with van der Waals surface area (Å²) < 4.78 is 66.3. The monoisotopic (exact) mass is 342 g/mol. The van der Waals surface area contributed by atoms with Gasteiger partial charge in [0, 0.05) is 4.90 Å². The number of allylic oxidation sites excluding steroid dienone is 1. The van der Waals surface area contributed by atoms with Crippen molar-refractivity contribution in [3.8, 4) is 0 Å². The summed E-state index contributed by atoms with van der Waals surface area (Å²) in [6.45, 7) is 3.48. The fourth-order valence-corrected chi connectivity index (χ4v) is 2.98. The zero-order valence-electron chi connectivity index (χ0n) is 12.4. The van der Waals surface area contributed by atoms with Gasteiger partial charge in [0.2, 0.25) is 5.16 Å². The molecule has 0 radical (unpaired) electrons. The van der Waals surface area contributed by atoms with Gasteiger partial charge in [0.05, 0.1) is 0 Å². The second-order valence-electron chi connectivity index (χ2n) is 5.09. The molecule has 0 amide bonds. The highest BCUT2D eigenvalue weighted by Gasteiger charge is 2.39. The smallest absolute Gasteiger partial charge is 0.247 e. The van der Waals surface area contributed by atoms with Gasteiger partial charge in [0.1, 0.15) is 16.4 Å². The van der Waals surface area contributed by atoms with Crippen molar-refractivity contribution < 1.29 is 21.8 Å². The Hall–Kier alpha value is -1.95. The van der Waals surface area contributed by atoms with Crippen molar-refractivity contribution in [3.05, 3.63) is 70.4 Å². The van der Waals surface area contributed by atoms with Crippen LogP contribution in [0.5, 0.6) is 0 Å². The maximum atomic E-state index is 14.4. The average Bonchev–Trinajstić information content (AvgIpc) is 2.48. The molecule has 0 N–H and O–H groups in total. The largest absolute Gasteiger partial charge is 0.420 e. The second-order valence-corrected chi connectivity index (χ2v) is 6.46. The molecule has 1 nitrogen and oxygen atoms in total. The van der Waals surface area contributed by atoms with Gasteiger partial charge in [-0.05, 0) is 31.5 Å². The van der Waals surface area contributed by atoms with E-state index in [4.69, 9.17) is 0 Å². The molecule has 1 unspecified atom stereocenters. The van der Waals surface area contributed by atoms with Crippen LogP contribution in [0.4, 0.5) is 17.6 Å². The number of benzene rings is 2. The van der Waals surface area contributed by atoms with Crippen LogP contribution in [0, 0.1) is 13.8 Å². The van der Waals surface area contributed by atoms with Crippen LogP contribution in [0.15, 0.2) is 58.6 Å². The SMILES string of the molecule is Cc1ccc(/C(=C(/F)S(=O)c2ccc(C)cc2)C(F)(F)F)cc1. The van der Waals surface area contributed by atoms with Gasteiger partial charge in [-0.2, -0.15) is 17.6 Å². The predicted octanol–water partition coefficient (Wildman–Crippen LogP) is 5.31. The third-order valence-corrected chi connectivity index (χ3v) is 4.45. The molecule has 0 aliphatic rings. The van der Waals surface area contributed by atoms with E-state index in [2.05, 4.69) is 0 Å². The Bertz CT molecular complexity index is 744. The first kappa shape index (κ1) is 17.4. The molecule has 0 aliphatic heterocycles. The van der Waals surface area contributed by atoms with Gasteiger partial charge in [-0.25, -0.2) is 4.21 Å². The van der Waals surface area contributed by atoms with Crippen molar-refractivity contribution in [1.29, 1.82) is 0 Å². The number of halogens is 4. The Balaban J connectivity index is 2.56. The van der Waals surface area contributed by atoms with Gasteiger partial charge in [0.25, 0.3) is 0 Å². The third kappa shape index (κ3) is 4.07. The molecule has 0 spiro atoms. The van der Waals surface area contributed by atoms with Crippen molar-refractivity contribution in [2.45, 2.75) is 24.9 Å². The van der Waals surface area contributed by atoms with E-state index < -0.39 is 27.7 Å². The molecule has 2 rings (SSSR count). The lowest BCUT2D eigenvalue weighted by molar-refractivity contribution is -0.0697. The van der Waals surface area contributed by atoms with Crippen LogP contribution in [0.25, 0.3) is 5.57 Å². The maximum Gasteiger partial charge on any atom is 0.420 e. The lowest BCUT2D eigenvalue weighted by atomic mass is 10.1. The van der Waals surface area contributed by atoms with E-state index in [0.29, 0.717) is 0 Å². The molecule has 0 fully saturated rings. The van der Waals surface area contributed by atoms with E-state index in [-0.39, 0.29) is 10.5 Å². The van der Waals surface area contributed by atoms with Crippen molar-refractivity contribution in [2.24, 2.45) is 0 Å². The summed E-state index contributed by atoms with van der Waals surface area (Å²) in [5.74, 6) is 0. The standard InChI is InChI=1S/C17H14F4OS/c1-11-3-7-13(8-4-11)15(17(19,20)21)16(18)23(22)14-9-5-12(2)6-10-14/h3-10H,1-2H3/b16-15+. The molecule has 0 bridgehead atoms. The summed E-state index contributed by atoms with van der Waals surface area (Å²) in [4.78, 5) is -0.0121. The number of alkyl halides is 3. The van der Waals surface area contributed by atoms with E-state index in [0.717, 1.165) is 11.1 Å². The van der Waals surface area contributed by atoms with Crippen LogP contribution < -0.4 is 0 Å². The quantitative estimate of drug-likeness (QED) is 0.691. The van der Waals surface area contributed by atoms with Gasteiger partial charge < -0.3 is 0 Å². The maximum absolute atomic E-state index is 14.4. The van der Waals surface area contributed by atoms with Crippen LogP contribution in [0.2, 0.25) is 0 Å². The van der Waals surface area contributed by atoms with Gasteiger partial charge in [-0.3, -0.25) is 0 Å². The number of aryl methyl sites for hydroxylation is 2. The molecule has 1 atom stereocenters. The highest BCUT2D eigenvalue weighted by molar-refractivity contribution is 7.89. The molecule has 0 saturated heterocycles. The molecule has 122 valence electrons. The first-order valence-corrected chi connectivity index (χ1v) is 7.87. The minimum Gasteiger partial charge on any atom is -0.247 e. The molecule has 2 aromatic rings. The molecule has 6 heteroatoms. The van der Waals surface area contributed by atoms with Crippen molar-refractivity contribution in [3.63, 3.8) is 0 Å². The fraction of sp³-hybridized carbons (Fsp3) is 0.176. The number of rotatable bonds is 3. The zero-order valence-corrected chi connectivity index (χ0v) is 13.3. The summed E-state index contributed by atoms with van der Waals surface area (Å²) in [6, 6.07) is 11.1. The summed E-state index contributed by atoms with van der Waals surface area (Å²) in [5, 5.41) is -1.69. The first-order chi connectivity index (χ1) is 10.7. The van der Waals surface area contributed by atoms with Gasteiger partial charge >= 0.3 is 6.18 Å². The minimum atomic E-state index is -4.94. The molecule has 0 aromatic heterocycles. The Morgan fingerprint density at radius 3 is 1.74 bits per heavy atom.